The molecule has 0 saturated carbocycles. The van der Waals surface area contributed by atoms with Gasteiger partial charge in [0.15, 0.2) is 5.60 Å². The van der Waals surface area contributed by atoms with E-state index in [-0.39, 0.29) is 11.5 Å². The lowest BCUT2D eigenvalue weighted by atomic mass is 9.77. The maximum absolute atomic E-state index is 12.6. The number of esters is 1. The number of phenolic OH excluding ortho intramolecular Hbond substituents is 2. The molecule has 1 spiro atoms. The zero-order valence-electron chi connectivity index (χ0n) is 26.6. The molecule has 4 aromatic carbocycles. The van der Waals surface area contributed by atoms with Crippen molar-refractivity contribution in [2.45, 2.75) is 37.8 Å². The number of nitrogens with one attached hydrogen (secondary N) is 2. The highest BCUT2D eigenvalue weighted by molar-refractivity contribution is 5.98. The van der Waals surface area contributed by atoms with E-state index in [1.165, 1.54) is 63.0 Å². The number of hydrogen-bond acceptors (Lipinski definition) is 10. The fraction of sp³-hybridized carbons (Fsp3) is 0.270. The summed E-state index contributed by atoms with van der Waals surface area (Å²) >= 11 is 0. The van der Waals surface area contributed by atoms with Gasteiger partial charge in [0.25, 0.3) is 0 Å². The number of aromatic hydroxyl groups is 2. The molecule has 0 fully saturated rings. The number of aldehydes is 2. The first-order chi connectivity index (χ1) is 22.8. The van der Waals surface area contributed by atoms with E-state index in [4.69, 9.17) is 15.2 Å². The standard InChI is InChI=1S/C21H12O6.C8H20N2.C8H9NO/c22-10-11-1-4-14-17(7-11)21(27-20(14)25)15-5-2-12(23)8-18(15)26-19-9-13(24)3-6-16(19)21;1-9-7-5-3-4-6-8-10-2;9-5-7-1-3-8(6-10)4-2-7/h1-10,23-24H;9-10H,3-8H2,1-2H3;1-4,6H,5,9H2. The van der Waals surface area contributed by atoms with Crippen LogP contribution in [0.4, 0.5) is 0 Å². The third-order valence-electron chi connectivity index (χ3n) is 7.89. The van der Waals surface area contributed by atoms with Gasteiger partial charge >= 0.3 is 5.97 Å². The molecule has 246 valence electrons. The van der Waals surface area contributed by atoms with Crippen LogP contribution < -0.4 is 21.1 Å². The Labute approximate surface area is 274 Å². The summed E-state index contributed by atoms with van der Waals surface area (Å²) < 4.78 is 11.7. The quantitative estimate of drug-likeness (QED) is 0.0861. The summed E-state index contributed by atoms with van der Waals surface area (Å²) in [5, 5.41) is 26.0. The van der Waals surface area contributed by atoms with Crippen molar-refractivity contribution in [1.82, 2.24) is 10.6 Å². The Balaban J connectivity index is 0.000000206. The van der Waals surface area contributed by atoms with Crippen LogP contribution in [-0.2, 0) is 16.9 Å². The van der Waals surface area contributed by atoms with E-state index in [1.54, 1.807) is 42.5 Å². The lowest BCUT2D eigenvalue weighted by Crippen LogP contribution is -2.33. The average molecular weight is 640 g/mol. The number of rotatable bonds is 10. The third kappa shape index (κ3) is 8.04. The predicted molar refractivity (Wildman–Crippen MR) is 179 cm³/mol. The molecule has 0 atom stereocenters. The summed E-state index contributed by atoms with van der Waals surface area (Å²) in [5.74, 6) is 0.0373. The van der Waals surface area contributed by atoms with Crippen LogP contribution in [0.1, 0.15) is 79.0 Å². The SMILES string of the molecule is CNCCCCCCNC.NCc1ccc(C=O)cc1.O=Cc1ccc2c(c1)C1(OC2=O)c2ccc(O)cc2Oc2cc(O)ccc21. The van der Waals surface area contributed by atoms with Crippen LogP contribution in [0.3, 0.4) is 0 Å². The number of nitrogens with two attached hydrogens (primary N) is 1. The molecule has 10 heteroatoms. The zero-order chi connectivity index (χ0) is 33.8. The maximum atomic E-state index is 12.6. The van der Waals surface area contributed by atoms with Gasteiger partial charge < -0.3 is 36.1 Å². The highest BCUT2D eigenvalue weighted by Gasteiger charge is 2.53. The molecular formula is C37H41N3O7. The molecule has 4 aromatic rings. The predicted octanol–water partition coefficient (Wildman–Crippen LogP) is 5.42. The van der Waals surface area contributed by atoms with Crippen molar-refractivity contribution in [2.75, 3.05) is 27.2 Å². The van der Waals surface area contributed by atoms with Crippen LogP contribution in [0.25, 0.3) is 0 Å². The van der Waals surface area contributed by atoms with Gasteiger partial charge in [-0.3, -0.25) is 9.59 Å². The lowest BCUT2D eigenvalue weighted by Gasteiger charge is -2.36. The Bertz CT molecular complexity index is 1630. The van der Waals surface area contributed by atoms with Crippen LogP contribution in [0.15, 0.2) is 78.9 Å². The highest BCUT2D eigenvalue weighted by atomic mass is 16.6. The Kier molecular flexibility index (Phi) is 12.2. The highest BCUT2D eigenvalue weighted by Crippen LogP contribution is 2.57. The first-order valence-corrected chi connectivity index (χ1v) is 15.5. The minimum atomic E-state index is -1.34. The van der Waals surface area contributed by atoms with Gasteiger partial charge in [-0.15, -0.1) is 0 Å². The Morgan fingerprint density at radius 3 is 1.72 bits per heavy atom. The molecule has 2 heterocycles. The third-order valence-corrected chi connectivity index (χ3v) is 7.89. The van der Waals surface area contributed by atoms with E-state index < -0.39 is 11.6 Å². The summed E-state index contributed by atoms with van der Waals surface area (Å²) in [7, 11) is 4.02. The number of ether oxygens (including phenoxy) is 2. The molecule has 6 rings (SSSR count). The molecule has 2 aliphatic rings. The monoisotopic (exact) mass is 639 g/mol. The van der Waals surface area contributed by atoms with Crippen LogP contribution >= 0.6 is 0 Å². The van der Waals surface area contributed by atoms with E-state index in [0.717, 1.165) is 11.8 Å². The molecule has 47 heavy (non-hydrogen) atoms. The van der Waals surface area contributed by atoms with Crippen LogP contribution in [-0.4, -0.2) is 55.9 Å². The lowest BCUT2D eigenvalue weighted by molar-refractivity contribution is 0.0224. The van der Waals surface area contributed by atoms with Gasteiger partial charge in [-0.05, 0) is 82.0 Å². The summed E-state index contributed by atoms with van der Waals surface area (Å²) in [6.45, 7) is 2.86. The largest absolute Gasteiger partial charge is 0.508 e. The molecule has 0 radical (unpaired) electrons. The minimum absolute atomic E-state index is 0.0151. The maximum Gasteiger partial charge on any atom is 0.340 e. The molecule has 10 nitrogen and oxygen atoms in total. The van der Waals surface area contributed by atoms with Gasteiger partial charge in [0.05, 0.1) is 5.56 Å². The van der Waals surface area contributed by atoms with E-state index >= 15 is 0 Å². The van der Waals surface area contributed by atoms with Crippen molar-refractivity contribution < 1.29 is 34.1 Å². The molecule has 0 unspecified atom stereocenters. The topological polar surface area (TPSA) is 160 Å². The Morgan fingerprint density at radius 2 is 1.23 bits per heavy atom. The van der Waals surface area contributed by atoms with Gasteiger partial charge in [0, 0.05) is 46.5 Å². The Morgan fingerprint density at radius 1 is 0.702 bits per heavy atom. The number of unbranched alkanes of at least 4 members (excludes halogenated alkanes) is 3. The second-order valence-electron chi connectivity index (χ2n) is 11.1. The van der Waals surface area contributed by atoms with Crippen molar-refractivity contribution >= 4 is 18.5 Å². The molecule has 0 aromatic heterocycles. The number of carbonyl (C=O) groups is 3. The molecule has 0 bridgehead atoms. The van der Waals surface area contributed by atoms with Crippen LogP contribution in [0, 0.1) is 0 Å². The van der Waals surface area contributed by atoms with Crippen LogP contribution in [0.2, 0.25) is 0 Å². The summed E-state index contributed by atoms with van der Waals surface area (Å²) in [4.78, 5) is 34.1. The number of carbonyl (C=O) groups excluding carboxylic acids is 3. The average Bonchev–Trinajstić information content (AvgIpc) is 3.38. The summed E-state index contributed by atoms with van der Waals surface area (Å²) in [5.41, 5.74) is 8.06. The molecule has 0 saturated heterocycles. The van der Waals surface area contributed by atoms with Crippen molar-refractivity contribution in [3.63, 3.8) is 0 Å². The first-order valence-electron chi connectivity index (χ1n) is 15.5. The number of fused-ring (bicyclic) bond motifs is 6. The molecule has 0 aliphatic carbocycles. The van der Waals surface area contributed by atoms with Crippen molar-refractivity contribution in [1.29, 1.82) is 0 Å². The van der Waals surface area contributed by atoms with Crippen LogP contribution in [0.5, 0.6) is 23.0 Å². The smallest absolute Gasteiger partial charge is 0.340 e. The van der Waals surface area contributed by atoms with E-state index in [0.29, 0.717) is 57.7 Å². The summed E-state index contributed by atoms with van der Waals surface area (Å²) in [6.07, 6.45) is 6.89. The molecule has 6 N–H and O–H groups in total. The van der Waals surface area contributed by atoms with Crippen molar-refractivity contribution in [3.05, 3.63) is 118 Å². The second-order valence-corrected chi connectivity index (χ2v) is 11.1. The Hall–Kier alpha value is -5.03. The van der Waals surface area contributed by atoms with E-state index in [9.17, 15) is 24.6 Å². The van der Waals surface area contributed by atoms with Gasteiger partial charge in [-0.25, -0.2) is 4.79 Å². The van der Waals surface area contributed by atoms with Gasteiger partial charge in [-0.2, -0.15) is 0 Å². The fourth-order valence-corrected chi connectivity index (χ4v) is 5.48. The molecule has 0 amide bonds. The van der Waals surface area contributed by atoms with Gasteiger partial charge in [-0.1, -0.05) is 43.2 Å². The normalized spacial score (nSPS) is 13.0. The van der Waals surface area contributed by atoms with Crippen molar-refractivity contribution in [3.8, 4) is 23.0 Å². The number of benzene rings is 4. The number of hydrogen-bond donors (Lipinski definition) is 5. The number of phenols is 2. The van der Waals surface area contributed by atoms with Crippen molar-refractivity contribution in [2.24, 2.45) is 5.73 Å². The first kappa shape index (κ1) is 34.8. The summed E-state index contributed by atoms with van der Waals surface area (Å²) in [6, 6.07) is 21.0. The molecular weight excluding hydrogens is 598 g/mol. The second kappa shape index (κ2) is 16.5. The molecule has 2 aliphatic heterocycles. The van der Waals surface area contributed by atoms with Gasteiger partial charge in [0.1, 0.15) is 35.6 Å². The zero-order valence-corrected chi connectivity index (χ0v) is 26.6. The minimum Gasteiger partial charge on any atom is -0.508 e. The van der Waals surface area contributed by atoms with Gasteiger partial charge in [0.2, 0.25) is 0 Å². The fourth-order valence-electron chi connectivity index (χ4n) is 5.48. The van der Waals surface area contributed by atoms with E-state index in [2.05, 4.69) is 10.6 Å². The van der Waals surface area contributed by atoms with E-state index in [1.807, 2.05) is 26.2 Å².